The normalized spacial score (nSPS) is 12.2. The molecule has 2 nitrogen and oxygen atoms in total. The zero-order chi connectivity index (χ0) is 37.9. The van der Waals surface area contributed by atoms with Crippen LogP contribution in [0.25, 0.3) is 116 Å². The SMILES string of the molecule is C/C=C\C=C/c1cc(-c2ccc(-c3ccc4ccccc4c3)cc2)c2cc(-c3ccc4nccnc4c3)ccc2c1-c1ccc2c3c(cccc13)-c1ccccc1-2. The highest BCUT2D eigenvalue weighted by atomic mass is 14.8. The highest BCUT2D eigenvalue weighted by molar-refractivity contribution is 6.21. The van der Waals surface area contributed by atoms with Crippen molar-refractivity contribution in [2.75, 3.05) is 0 Å². The molecule has 0 saturated heterocycles. The molecule has 0 unspecified atom stereocenters. The van der Waals surface area contributed by atoms with Crippen molar-refractivity contribution < 1.29 is 0 Å². The summed E-state index contributed by atoms with van der Waals surface area (Å²) in [6.07, 6.45) is 12.1. The van der Waals surface area contributed by atoms with Gasteiger partial charge in [-0.3, -0.25) is 9.97 Å². The van der Waals surface area contributed by atoms with Crippen LogP contribution >= 0.6 is 0 Å². The number of fused-ring (bicyclic) bond motifs is 6. The third-order valence-electron chi connectivity index (χ3n) is 11.6. The maximum absolute atomic E-state index is 4.63. The minimum atomic E-state index is 0.888. The van der Waals surface area contributed by atoms with E-state index in [1.165, 1.54) is 93.5 Å². The third-order valence-corrected chi connectivity index (χ3v) is 11.6. The number of allylic oxidation sites excluding steroid dienone is 3. The Balaban J connectivity index is 1.16. The molecule has 1 aromatic heterocycles. The van der Waals surface area contributed by atoms with Gasteiger partial charge in [-0.1, -0.05) is 158 Å². The Morgan fingerprint density at radius 3 is 1.88 bits per heavy atom. The smallest absolute Gasteiger partial charge is 0.0892 e. The lowest BCUT2D eigenvalue weighted by molar-refractivity contribution is 1.29. The Labute approximate surface area is 331 Å². The van der Waals surface area contributed by atoms with Crippen LogP contribution in [0, 0.1) is 0 Å². The standard InChI is InChI=1S/C55H36N2/c1-2-3-4-12-42-33-50(37-20-17-36(18-21-37)39-22-19-35-10-5-6-11-38(35)31-39)51-32-40(41-24-28-52-53(34-41)57-30-29-56-52)23-25-49(51)54(42)48-27-26-47-44-14-8-7-13-43(44)45-15-9-16-46(48)55(45)47/h2-34H,1H3/b3-2-,12-4-. The van der Waals surface area contributed by atoms with E-state index in [9.17, 15) is 0 Å². The fraction of sp³-hybridized carbons (Fsp3) is 0.0182. The molecular weight excluding hydrogens is 689 g/mol. The van der Waals surface area contributed by atoms with Crippen LogP contribution in [0.5, 0.6) is 0 Å². The molecule has 0 spiro atoms. The average molecular weight is 725 g/mol. The van der Waals surface area contributed by atoms with Gasteiger partial charge >= 0.3 is 0 Å². The monoisotopic (exact) mass is 724 g/mol. The number of aromatic nitrogens is 2. The first kappa shape index (κ1) is 33.0. The summed E-state index contributed by atoms with van der Waals surface area (Å²) in [4.78, 5) is 9.16. The van der Waals surface area contributed by atoms with Crippen LogP contribution < -0.4 is 0 Å². The minimum Gasteiger partial charge on any atom is -0.253 e. The van der Waals surface area contributed by atoms with E-state index < -0.39 is 0 Å². The maximum Gasteiger partial charge on any atom is 0.0892 e. The van der Waals surface area contributed by atoms with Gasteiger partial charge in [0.2, 0.25) is 0 Å². The molecule has 11 rings (SSSR count). The van der Waals surface area contributed by atoms with Gasteiger partial charge in [0, 0.05) is 12.4 Å². The van der Waals surface area contributed by atoms with Crippen LogP contribution in [0.2, 0.25) is 0 Å². The van der Waals surface area contributed by atoms with E-state index in [0.29, 0.717) is 0 Å². The van der Waals surface area contributed by atoms with Gasteiger partial charge in [0.05, 0.1) is 11.0 Å². The molecule has 0 amide bonds. The van der Waals surface area contributed by atoms with Crippen LogP contribution in [0.4, 0.5) is 0 Å². The summed E-state index contributed by atoms with van der Waals surface area (Å²) >= 11 is 0. The van der Waals surface area contributed by atoms with Crippen molar-refractivity contribution in [1.82, 2.24) is 9.97 Å². The van der Waals surface area contributed by atoms with Gasteiger partial charge in [-0.15, -0.1) is 0 Å². The van der Waals surface area contributed by atoms with E-state index in [-0.39, 0.29) is 0 Å². The predicted octanol–water partition coefficient (Wildman–Crippen LogP) is 15.0. The second-order valence-corrected chi connectivity index (χ2v) is 14.9. The molecule has 0 bridgehead atoms. The molecule has 0 radical (unpaired) electrons. The summed E-state index contributed by atoms with van der Waals surface area (Å²) in [6.45, 7) is 2.06. The number of rotatable bonds is 6. The van der Waals surface area contributed by atoms with Crippen LogP contribution in [-0.4, -0.2) is 9.97 Å². The lowest BCUT2D eigenvalue weighted by atomic mass is 9.84. The Morgan fingerprint density at radius 2 is 1.04 bits per heavy atom. The average Bonchev–Trinajstić information content (AvgIpc) is 3.60. The van der Waals surface area contributed by atoms with Crippen molar-refractivity contribution in [3.05, 3.63) is 200 Å². The number of nitrogens with zero attached hydrogens (tertiary/aromatic N) is 2. The first-order valence-corrected chi connectivity index (χ1v) is 19.6. The molecule has 2 heteroatoms. The van der Waals surface area contributed by atoms with E-state index >= 15 is 0 Å². The Bertz CT molecular complexity index is 3270. The van der Waals surface area contributed by atoms with E-state index in [0.717, 1.165) is 22.2 Å². The van der Waals surface area contributed by atoms with E-state index in [4.69, 9.17) is 0 Å². The van der Waals surface area contributed by atoms with Gasteiger partial charge in [0.25, 0.3) is 0 Å². The van der Waals surface area contributed by atoms with Crippen LogP contribution in [0.3, 0.4) is 0 Å². The van der Waals surface area contributed by atoms with Gasteiger partial charge in [-0.2, -0.15) is 0 Å². The molecule has 1 aliphatic rings. The van der Waals surface area contributed by atoms with Crippen LogP contribution in [0.15, 0.2) is 194 Å². The minimum absolute atomic E-state index is 0.888. The molecule has 0 atom stereocenters. The first-order chi connectivity index (χ1) is 28.2. The van der Waals surface area contributed by atoms with Gasteiger partial charge in [-0.05, 0) is 142 Å². The van der Waals surface area contributed by atoms with Gasteiger partial charge < -0.3 is 0 Å². The maximum atomic E-state index is 4.63. The number of hydrogen-bond acceptors (Lipinski definition) is 2. The Hall–Kier alpha value is -7.42. The highest BCUT2D eigenvalue weighted by Gasteiger charge is 2.24. The zero-order valence-electron chi connectivity index (χ0n) is 31.4. The van der Waals surface area contributed by atoms with Crippen molar-refractivity contribution in [1.29, 1.82) is 0 Å². The molecule has 0 fully saturated rings. The second-order valence-electron chi connectivity index (χ2n) is 14.9. The van der Waals surface area contributed by atoms with Gasteiger partial charge in [-0.25, -0.2) is 0 Å². The van der Waals surface area contributed by atoms with E-state index in [1.54, 1.807) is 12.4 Å². The first-order valence-electron chi connectivity index (χ1n) is 19.6. The predicted molar refractivity (Wildman–Crippen MR) is 242 cm³/mol. The fourth-order valence-electron chi connectivity index (χ4n) is 8.95. The highest BCUT2D eigenvalue weighted by Crippen LogP contribution is 2.51. The summed E-state index contributed by atoms with van der Waals surface area (Å²) in [5.41, 5.74) is 17.7. The molecule has 1 aliphatic carbocycles. The van der Waals surface area contributed by atoms with Crippen LogP contribution in [0.1, 0.15) is 12.5 Å². The lowest BCUT2D eigenvalue weighted by Gasteiger charge is -2.19. The third kappa shape index (κ3) is 5.49. The van der Waals surface area contributed by atoms with Gasteiger partial charge in [0.15, 0.2) is 0 Å². The topological polar surface area (TPSA) is 25.8 Å². The quantitative estimate of drug-likeness (QED) is 0.160. The largest absolute Gasteiger partial charge is 0.253 e. The summed E-state index contributed by atoms with van der Waals surface area (Å²) < 4.78 is 0. The molecule has 57 heavy (non-hydrogen) atoms. The zero-order valence-corrected chi connectivity index (χ0v) is 31.4. The van der Waals surface area contributed by atoms with Crippen molar-refractivity contribution in [3.63, 3.8) is 0 Å². The van der Waals surface area contributed by atoms with Crippen molar-refractivity contribution in [2.24, 2.45) is 0 Å². The molecule has 0 N–H and O–H groups in total. The van der Waals surface area contributed by atoms with Crippen molar-refractivity contribution >= 4 is 49.4 Å². The van der Waals surface area contributed by atoms with Crippen molar-refractivity contribution in [3.8, 4) is 66.8 Å². The molecule has 0 saturated carbocycles. The van der Waals surface area contributed by atoms with E-state index in [1.807, 2.05) is 0 Å². The molecule has 10 aromatic rings. The summed E-state index contributed by atoms with van der Waals surface area (Å²) in [5.74, 6) is 0. The molecule has 0 aliphatic heterocycles. The lowest BCUT2D eigenvalue weighted by Crippen LogP contribution is -1.93. The molecule has 266 valence electrons. The molecular formula is C55H36N2. The summed E-state index contributed by atoms with van der Waals surface area (Å²) in [6, 6.07) is 60.4. The Kier molecular flexibility index (Phi) is 7.75. The van der Waals surface area contributed by atoms with E-state index in [2.05, 4.69) is 205 Å². The molecule has 1 heterocycles. The van der Waals surface area contributed by atoms with Gasteiger partial charge in [0.1, 0.15) is 0 Å². The molecule has 9 aromatic carbocycles. The Morgan fingerprint density at radius 1 is 0.386 bits per heavy atom. The summed E-state index contributed by atoms with van der Waals surface area (Å²) in [7, 11) is 0. The second kappa shape index (κ2) is 13.4. The van der Waals surface area contributed by atoms with Crippen molar-refractivity contribution in [2.45, 2.75) is 6.92 Å². The van der Waals surface area contributed by atoms with Crippen LogP contribution in [-0.2, 0) is 0 Å². The summed E-state index contributed by atoms with van der Waals surface area (Å²) in [5, 5.41) is 7.52. The fourth-order valence-corrected chi connectivity index (χ4v) is 8.95. The number of hydrogen-bond donors (Lipinski definition) is 0. The number of benzene rings is 9.